The van der Waals surface area contributed by atoms with Crippen molar-refractivity contribution in [1.29, 1.82) is 0 Å². The zero-order valence-corrected chi connectivity index (χ0v) is 8.40. The number of ether oxygens (including phenoxy) is 1. The molecule has 1 aromatic rings. The molecule has 0 aromatic carbocycles. The van der Waals surface area contributed by atoms with E-state index in [4.69, 9.17) is 16.2 Å². The van der Waals surface area contributed by atoms with E-state index < -0.39 is 0 Å². The number of nitrogen functional groups attached to an aromatic ring is 2. The van der Waals surface area contributed by atoms with Gasteiger partial charge in [0.25, 0.3) is 0 Å². The van der Waals surface area contributed by atoms with Gasteiger partial charge < -0.3 is 21.1 Å². The van der Waals surface area contributed by atoms with Crippen LogP contribution < -0.4 is 16.2 Å². The van der Waals surface area contributed by atoms with Gasteiger partial charge in [-0.1, -0.05) is 0 Å². The standard InChI is InChI=1S/C8H15N5O/c1-13(2)3-4-14-7-5-6(9)11-8(10)12-7/h5H,3-4H2,1-2H3,(H4,9,10,11,12). The van der Waals surface area contributed by atoms with Gasteiger partial charge in [-0.2, -0.15) is 9.97 Å². The summed E-state index contributed by atoms with van der Waals surface area (Å²) in [6.07, 6.45) is 0. The predicted octanol–water partition coefficient (Wildman–Crippen LogP) is -0.419. The van der Waals surface area contributed by atoms with Gasteiger partial charge in [0.2, 0.25) is 11.8 Å². The molecule has 0 amide bonds. The third-order valence-corrected chi connectivity index (χ3v) is 1.53. The molecule has 0 atom stereocenters. The zero-order chi connectivity index (χ0) is 10.6. The maximum Gasteiger partial charge on any atom is 0.225 e. The first-order chi connectivity index (χ1) is 6.58. The largest absolute Gasteiger partial charge is 0.476 e. The molecule has 0 aliphatic carbocycles. The van der Waals surface area contributed by atoms with Crippen LogP contribution in [-0.4, -0.2) is 42.1 Å². The molecule has 0 radical (unpaired) electrons. The first kappa shape index (κ1) is 10.5. The fraction of sp³-hybridized carbons (Fsp3) is 0.500. The molecule has 0 saturated heterocycles. The Morgan fingerprint density at radius 2 is 2.07 bits per heavy atom. The van der Waals surface area contributed by atoms with Crippen molar-refractivity contribution in [3.05, 3.63) is 6.07 Å². The first-order valence-corrected chi connectivity index (χ1v) is 4.25. The minimum absolute atomic E-state index is 0.129. The highest BCUT2D eigenvalue weighted by Gasteiger charge is 2.00. The van der Waals surface area contributed by atoms with E-state index in [2.05, 4.69) is 9.97 Å². The van der Waals surface area contributed by atoms with E-state index in [1.165, 1.54) is 0 Å². The van der Waals surface area contributed by atoms with Gasteiger partial charge in [0.05, 0.1) is 0 Å². The molecule has 6 nitrogen and oxygen atoms in total. The summed E-state index contributed by atoms with van der Waals surface area (Å²) in [4.78, 5) is 9.62. The van der Waals surface area contributed by atoms with E-state index in [1.54, 1.807) is 6.07 Å². The number of aromatic nitrogens is 2. The van der Waals surface area contributed by atoms with Crippen LogP contribution in [0.15, 0.2) is 6.07 Å². The highest BCUT2D eigenvalue weighted by atomic mass is 16.5. The Kier molecular flexibility index (Phi) is 3.47. The molecule has 0 unspecified atom stereocenters. The van der Waals surface area contributed by atoms with Crippen LogP contribution in [0, 0.1) is 0 Å². The summed E-state index contributed by atoms with van der Waals surface area (Å²) in [6.45, 7) is 1.35. The number of nitrogens with zero attached hydrogens (tertiary/aromatic N) is 3. The Morgan fingerprint density at radius 1 is 1.36 bits per heavy atom. The van der Waals surface area contributed by atoms with Crippen LogP contribution in [0.4, 0.5) is 11.8 Å². The highest BCUT2D eigenvalue weighted by molar-refractivity contribution is 5.38. The van der Waals surface area contributed by atoms with E-state index in [9.17, 15) is 0 Å². The van der Waals surface area contributed by atoms with Crippen molar-refractivity contribution in [3.63, 3.8) is 0 Å². The minimum Gasteiger partial charge on any atom is -0.476 e. The van der Waals surface area contributed by atoms with Crippen molar-refractivity contribution < 1.29 is 4.74 Å². The second kappa shape index (κ2) is 4.61. The fourth-order valence-electron chi connectivity index (χ4n) is 0.868. The topological polar surface area (TPSA) is 90.3 Å². The fourth-order valence-corrected chi connectivity index (χ4v) is 0.868. The maximum absolute atomic E-state index is 5.47. The Labute approximate surface area is 82.9 Å². The van der Waals surface area contributed by atoms with E-state index in [0.29, 0.717) is 18.3 Å². The Balaban J connectivity index is 2.50. The number of hydrogen-bond donors (Lipinski definition) is 2. The molecule has 1 aromatic heterocycles. The smallest absolute Gasteiger partial charge is 0.225 e. The molecule has 0 bridgehead atoms. The molecular formula is C8H15N5O. The first-order valence-electron chi connectivity index (χ1n) is 4.25. The molecule has 0 spiro atoms. The second-order valence-electron chi connectivity index (χ2n) is 3.14. The lowest BCUT2D eigenvalue weighted by atomic mass is 10.5. The summed E-state index contributed by atoms with van der Waals surface area (Å²) in [5, 5.41) is 0. The minimum atomic E-state index is 0.129. The molecule has 6 heteroatoms. The summed E-state index contributed by atoms with van der Waals surface area (Å²) >= 11 is 0. The molecule has 0 aliphatic heterocycles. The summed E-state index contributed by atoms with van der Waals surface area (Å²) in [7, 11) is 3.93. The third-order valence-electron chi connectivity index (χ3n) is 1.53. The quantitative estimate of drug-likeness (QED) is 0.681. The van der Waals surface area contributed by atoms with Gasteiger partial charge in [0, 0.05) is 12.6 Å². The average Bonchev–Trinajstić information content (AvgIpc) is 2.01. The molecule has 4 N–H and O–H groups in total. The van der Waals surface area contributed by atoms with Crippen LogP contribution in [0.2, 0.25) is 0 Å². The van der Waals surface area contributed by atoms with Crippen molar-refractivity contribution in [1.82, 2.24) is 14.9 Å². The van der Waals surface area contributed by atoms with Crippen LogP contribution in [0.5, 0.6) is 5.88 Å². The maximum atomic E-state index is 5.47. The summed E-state index contributed by atoms with van der Waals surface area (Å²) in [5.41, 5.74) is 10.9. The van der Waals surface area contributed by atoms with Gasteiger partial charge in [-0.3, -0.25) is 0 Å². The van der Waals surface area contributed by atoms with Crippen LogP contribution in [0.3, 0.4) is 0 Å². The van der Waals surface area contributed by atoms with Gasteiger partial charge in [-0.05, 0) is 14.1 Å². The van der Waals surface area contributed by atoms with Gasteiger partial charge in [0.15, 0.2) is 0 Å². The van der Waals surface area contributed by atoms with Crippen LogP contribution in [0.1, 0.15) is 0 Å². The molecule has 0 fully saturated rings. The summed E-state index contributed by atoms with van der Waals surface area (Å²) in [5.74, 6) is 0.860. The van der Waals surface area contributed by atoms with Crippen molar-refractivity contribution in [2.45, 2.75) is 0 Å². The van der Waals surface area contributed by atoms with E-state index in [1.807, 2.05) is 19.0 Å². The lowest BCUT2D eigenvalue weighted by Gasteiger charge is -2.10. The Morgan fingerprint density at radius 3 is 2.64 bits per heavy atom. The zero-order valence-electron chi connectivity index (χ0n) is 8.40. The normalized spacial score (nSPS) is 10.5. The van der Waals surface area contributed by atoms with Gasteiger partial charge in [-0.25, -0.2) is 0 Å². The van der Waals surface area contributed by atoms with Crippen molar-refractivity contribution >= 4 is 11.8 Å². The van der Waals surface area contributed by atoms with Crippen LogP contribution in [-0.2, 0) is 0 Å². The highest BCUT2D eigenvalue weighted by Crippen LogP contribution is 2.11. The molecule has 1 rings (SSSR count). The van der Waals surface area contributed by atoms with Crippen LogP contribution in [0.25, 0.3) is 0 Å². The van der Waals surface area contributed by atoms with E-state index >= 15 is 0 Å². The molecule has 0 aliphatic rings. The molecule has 1 heterocycles. The van der Waals surface area contributed by atoms with Crippen molar-refractivity contribution in [3.8, 4) is 5.88 Å². The average molecular weight is 197 g/mol. The lowest BCUT2D eigenvalue weighted by Crippen LogP contribution is -2.19. The summed E-state index contributed by atoms with van der Waals surface area (Å²) < 4.78 is 5.33. The monoisotopic (exact) mass is 197 g/mol. The van der Waals surface area contributed by atoms with Crippen molar-refractivity contribution in [2.75, 3.05) is 38.7 Å². The van der Waals surface area contributed by atoms with Gasteiger partial charge in [-0.15, -0.1) is 0 Å². The Bertz CT molecular complexity index is 282. The number of rotatable bonds is 4. The number of hydrogen-bond acceptors (Lipinski definition) is 6. The van der Waals surface area contributed by atoms with Crippen molar-refractivity contribution in [2.24, 2.45) is 0 Å². The third kappa shape index (κ3) is 3.44. The molecule has 14 heavy (non-hydrogen) atoms. The van der Waals surface area contributed by atoms with E-state index in [-0.39, 0.29) is 5.95 Å². The number of likely N-dealkylation sites (N-methyl/N-ethyl adjacent to an activating group) is 1. The molecular weight excluding hydrogens is 182 g/mol. The van der Waals surface area contributed by atoms with E-state index in [0.717, 1.165) is 6.54 Å². The SMILES string of the molecule is CN(C)CCOc1cc(N)nc(N)n1. The Hall–Kier alpha value is -1.56. The lowest BCUT2D eigenvalue weighted by molar-refractivity contribution is 0.254. The number of anilines is 2. The molecule has 78 valence electrons. The second-order valence-corrected chi connectivity index (χ2v) is 3.14. The van der Waals surface area contributed by atoms with Gasteiger partial charge in [0.1, 0.15) is 12.4 Å². The summed E-state index contributed by atoms with van der Waals surface area (Å²) in [6, 6.07) is 1.55. The number of nitrogens with two attached hydrogens (primary N) is 2. The van der Waals surface area contributed by atoms with Crippen LogP contribution >= 0.6 is 0 Å². The van der Waals surface area contributed by atoms with Gasteiger partial charge >= 0.3 is 0 Å². The predicted molar refractivity (Wildman–Crippen MR) is 54.9 cm³/mol. The molecule has 0 saturated carbocycles.